The normalized spacial score (nSPS) is 17.2. The Balaban J connectivity index is 0.00000231. The Morgan fingerprint density at radius 1 is 1.00 bits per heavy atom. The Morgan fingerprint density at radius 3 is 2.42 bits per heavy atom. The highest BCUT2D eigenvalue weighted by molar-refractivity contribution is 5.85. The van der Waals surface area contributed by atoms with Crippen molar-refractivity contribution in [2.45, 2.75) is 51.0 Å². The van der Waals surface area contributed by atoms with Crippen LogP contribution in [0.5, 0.6) is 5.75 Å². The van der Waals surface area contributed by atoms with Crippen LogP contribution in [0.1, 0.15) is 53.9 Å². The fourth-order valence-corrected chi connectivity index (χ4v) is 5.27. The summed E-state index contributed by atoms with van der Waals surface area (Å²) in [4.78, 5) is 18.2. The lowest BCUT2D eigenvalue weighted by Gasteiger charge is -2.32. The van der Waals surface area contributed by atoms with Crippen molar-refractivity contribution >= 4 is 23.3 Å². The number of hydrogen-bond acceptors (Lipinski definition) is 3. The molecule has 31 heavy (non-hydrogen) atoms. The number of nitrogens with one attached hydrogen (secondary N) is 1. The minimum atomic E-state index is 0. The van der Waals surface area contributed by atoms with Gasteiger partial charge in [0.15, 0.2) is 0 Å². The topological polar surface area (TPSA) is 45.3 Å². The number of piperidine rings is 1. The molecular weight excluding hydrogens is 408 g/mol. The van der Waals surface area contributed by atoms with Gasteiger partial charge in [0.1, 0.15) is 5.75 Å². The van der Waals surface area contributed by atoms with E-state index in [4.69, 9.17) is 4.74 Å². The van der Waals surface area contributed by atoms with Gasteiger partial charge in [-0.25, -0.2) is 0 Å². The number of likely N-dealkylation sites (tertiary alicyclic amines) is 1. The maximum Gasteiger partial charge on any atom is 0.251 e. The molecule has 0 spiro atoms. The van der Waals surface area contributed by atoms with Gasteiger partial charge in [-0.1, -0.05) is 24.3 Å². The molecule has 0 radical (unpaired) electrons. The molecule has 4 nitrogen and oxygen atoms in total. The van der Waals surface area contributed by atoms with Gasteiger partial charge in [0.2, 0.25) is 0 Å². The highest BCUT2D eigenvalue weighted by atomic mass is 35.5. The van der Waals surface area contributed by atoms with Crippen LogP contribution in [-0.2, 0) is 19.4 Å². The largest absolute Gasteiger partial charge is 0.497 e. The molecule has 0 bridgehead atoms. The summed E-state index contributed by atoms with van der Waals surface area (Å²) in [5, 5.41) is 1.24. The number of hydrogen-bond donors (Lipinski definition) is 1. The Kier molecular flexibility index (Phi) is 6.68. The maximum atomic E-state index is 12.5. The number of benzene rings is 2. The van der Waals surface area contributed by atoms with Gasteiger partial charge in [-0.2, -0.15) is 0 Å². The van der Waals surface area contributed by atoms with Gasteiger partial charge in [0.25, 0.3) is 5.56 Å². The van der Waals surface area contributed by atoms with E-state index in [-0.39, 0.29) is 18.0 Å². The third-order valence-corrected chi connectivity index (χ3v) is 6.98. The fourth-order valence-electron chi connectivity index (χ4n) is 5.27. The third kappa shape index (κ3) is 4.51. The van der Waals surface area contributed by atoms with Crippen molar-refractivity contribution in [2.24, 2.45) is 0 Å². The van der Waals surface area contributed by atoms with Gasteiger partial charge in [-0.3, -0.25) is 9.69 Å². The van der Waals surface area contributed by atoms with Crippen molar-refractivity contribution < 1.29 is 4.74 Å². The SMILES string of the molecule is COc1ccc(C2CCN(Cc3ccc4c5c(c(=O)[nH]c4c3)CCCC5)CC2)cc1.Cl. The molecule has 2 heterocycles. The van der Waals surface area contributed by atoms with Crippen LogP contribution >= 0.6 is 12.4 Å². The second-order valence-corrected chi connectivity index (χ2v) is 8.82. The molecule has 0 saturated carbocycles. The fraction of sp³-hybridized carbons (Fsp3) is 0.423. The van der Waals surface area contributed by atoms with E-state index >= 15 is 0 Å². The molecule has 1 fully saturated rings. The number of rotatable bonds is 4. The summed E-state index contributed by atoms with van der Waals surface area (Å²) < 4.78 is 5.28. The van der Waals surface area contributed by atoms with E-state index in [1.165, 1.54) is 41.3 Å². The average molecular weight is 439 g/mol. The molecule has 5 rings (SSSR count). The minimum absolute atomic E-state index is 0. The summed E-state index contributed by atoms with van der Waals surface area (Å²) in [6, 6.07) is 15.2. The number of aryl methyl sites for hydroxylation is 1. The molecule has 2 aliphatic rings. The molecule has 1 aliphatic heterocycles. The summed E-state index contributed by atoms with van der Waals surface area (Å²) in [6.45, 7) is 3.16. The second kappa shape index (κ2) is 9.46. The number of H-pyrrole nitrogens is 1. The molecular formula is C26H31ClN2O2. The van der Waals surface area contributed by atoms with Crippen LogP contribution in [0.15, 0.2) is 47.3 Å². The zero-order valence-electron chi connectivity index (χ0n) is 18.2. The predicted molar refractivity (Wildman–Crippen MR) is 129 cm³/mol. The van der Waals surface area contributed by atoms with Crippen molar-refractivity contribution in [1.29, 1.82) is 0 Å². The van der Waals surface area contributed by atoms with E-state index in [1.807, 2.05) is 0 Å². The molecule has 5 heteroatoms. The first-order valence-corrected chi connectivity index (χ1v) is 11.2. The molecule has 1 N–H and O–H groups in total. The molecule has 0 atom stereocenters. The summed E-state index contributed by atoms with van der Waals surface area (Å²) in [5.41, 5.74) is 6.13. The highest BCUT2D eigenvalue weighted by Gasteiger charge is 2.21. The third-order valence-electron chi connectivity index (χ3n) is 6.98. The summed E-state index contributed by atoms with van der Waals surface area (Å²) in [6.07, 6.45) is 6.65. The van der Waals surface area contributed by atoms with Crippen molar-refractivity contribution in [3.05, 3.63) is 75.1 Å². The number of ether oxygens (including phenoxy) is 1. The first-order chi connectivity index (χ1) is 14.7. The van der Waals surface area contributed by atoms with Crippen LogP contribution in [-0.4, -0.2) is 30.1 Å². The van der Waals surface area contributed by atoms with Gasteiger partial charge in [0, 0.05) is 23.0 Å². The summed E-state index contributed by atoms with van der Waals surface area (Å²) in [5.74, 6) is 1.55. The first-order valence-electron chi connectivity index (χ1n) is 11.2. The van der Waals surface area contributed by atoms with Gasteiger partial charge >= 0.3 is 0 Å². The molecule has 2 aromatic carbocycles. The van der Waals surface area contributed by atoms with Crippen LogP contribution in [0.25, 0.3) is 10.9 Å². The van der Waals surface area contributed by atoms with Crippen LogP contribution < -0.4 is 10.3 Å². The number of aromatic nitrogens is 1. The minimum Gasteiger partial charge on any atom is -0.497 e. The van der Waals surface area contributed by atoms with Crippen molar-refractivity contribution in [2.75, 3.05) is 20.2 Å². The van der Waals surface area contributed by atoms with Crippen molar-refractivity contribution in [1.82, 2.24) is 9.88 Å². The summed E-state index contributed by atoms with van der Waals surface area (Å²) in [7, 11) is 1.71. The zero-order chi connectivity index (χ0) is 20.5. The molecule has 1 saturated heterocycles. The molecule has 164 valence electrons. The van der Waals surface area contributed by atoms with Gasteiger partial charge in [-0.05, 0) is 92.4 Å². The molecule has 0 unspecified atom stereocenters. The number of pyridine rings is 1. The number of nitrogens with zero attached hydrogens (tertiary/aromatic N) is 1. The summed E-state index contributed by atoms with van der Waals surface area (Å²) >= 11 is 0. The maximum absolute atomic E-state index is 12.5. The van der Waals surface area contributed by atoms with Crippen LogP contribution in [0.4, 0.5) is 0 Å². The Labute approximate surface area is 190 Å². The van der Waals surface area contributed by atoms with E-state index in [2.05, 4.69) is 52.3 Å². The Bertz CT molecular complexity index is 1100. The van der Waals surface area contributed by atoms with Crippen LogP contribution in [0.3, 0.4) is 0 Å². The van der Waals surface area contributed by atoms with E-state index in [0.717, 1.165) is 55.7 Å². The molecule has 3 aromatic rings. The van der Waals surface area contributed by atoms with Gasteiger partial charge in [0.05, 0.1) is 7.11 Å². The van der Waals surface area contributed by atoms with Crippen LogP contribution in [0, 0.1) is 0 Å². The molecule has 1 aliphatic carbocycles. The monoisotopic (exact) mass is 438 g/mol. The van der Waals surface area contributed by atoms with E-state index in [1.54, 1.807) is 7.11 Å². The lowest BCUT2D eigenvalue weighted by molar-refractivity contribution is 0.204. The standard InChI is InChI=1S/C26H30N2O2.ClH/c1-30-21-9-7-19(8-10-21)20-12-14-28(15-13-20)17-18-6-11-23-22-4-2-3-5-24(22)26(29)27-25(23)16-18;/h6-11,16,20H,2-5,12-15,17H2,1H3,(H,27,29);1H. The number of halogens is 1. The van der Waals surface area contributed by atoms with Crippen molar-refractivity contribution in [3.8, 4) is 5.75 Å². The molecule has 0 amide bonds. The number of methoxy groups -OCH3 is 1. The first kappa shape index (κ1) is 21.9. The smallest absolute Gasteiger partial charge is 0.251 e. The number of fused-ring (bicyclic) bond motifs is 3. The second-order valence-electron chi connectivity index (χ2n) is 8.82. The average Bonchev–Trinajstić information content (AvgIpc) is 2.80. The van der Waals surface area contributed by atoms with Crippen LogP contribution in [0.2, 0.25) is 0 Å². The van der Waals surface area contributed by atoms with E-state index in [9.17, 15) is 4.79 Å². The lowest BCUT2D eigenvalue weighted by atomic mass is 9.89. The quantitative estimate of drug-likeness (QED) is 0.607. The Morgan fingerprint density at radius 2 is 1.71 bits per heavy atom. The highest BCUT2D eigenvalue weighted by Crippen LogP contribution is 2.30. The Hall–Kier alpha value is -2.30. The number of aromatic amines is 1. The van der Waals surface area contributed by atoms with Gasteiger partial charge in [-0.15, -0.1) is 12.4 Å². The van der Waals surface area contributed by atoms with Crippen molar-refractivity contribution in [3.63, 3.8) is 0 Å². The van der Waals surface area contributed by atoms with Gasteiger partial charge < -0.3 is 9.72 Å². The van der Waals surface area contributed by atoms with E-state index in [0.29, 0.717) is 5.92 Å². The predicted octanol–water partition coefficient (Wildman–Crippen LogP) is 5.22. The lowest BCUT2D eigenvalue weighted by Crippen LogP contribution is -2.32. The molecule has 1 aromatic heterocycles. The zero-order valence-corrected chi connectivity index (χ0v) is 19.0. The van der Waals surface area contributed by atoms with E-state index < -0.39 is 0 Å².